The summed E-state index contributed by atoms with van der Waals surface area (Å²) in [6, 6.07) is 7.06. The number of aryl methyl sites for hydroxylation is 1. The minimum atomic E-state index is 0.269. The second-order valence-electron chi connectivity index (χ2n) is 4.11. The minimum absolute atomic E-state index is 0.269. The van der Waals surface area contributed by atoms with Gasteiger partial charge >= 0.3 is 0 Å². The van der Waals surface area contributed by atoms with Gasteiger partial charge in [-0.3, -0.25) is 0 Å². The summed E-state index contributed by atoms with van der Waals surface area (Å²) < 4.78 is 1.90. The first-order valence-electron chi connectivity index (χ1n) is 5.62. The third-order valence-electron chi connectivity index (χ3n) is 2.89. The molecule has 0 aliphatic heterocycles. The Hall–Kier alpha value is -1.81. The van der Waals surface area contributed by atoms with Crippen LogP contribution in [0.4, 0.5) is 0 Å². The van der Waals surface area contributed by atoms with E-state index >= 15 is 0 Å². The number of hydrogen-bond donors (Lipinski definition) is 2. The number of rotatable bonds is 3. The summed E-state index contributed by atoms with van der Waals surface area (Å²) in [6.07, 6.45) is 0. The Balaban J connectivity index is 2.46. The summed E-state index contributed by atoms with van der Waals surface area (Å²) in [5.41, 5.74) is 4.35. The summed E-state index contributed by atoms with van der Waals surface area (Å²) in [4.78, 5) is 0. The number of benzene rings is 1. The van der Waals surface area contributed by atoms with Crippen molar-refractivity contribution in [2.75, 3.05) is 7.05 Å². The Morgan fingerprint density at radius 2 is 1.88 bits per heavy atom. The van der Waals surface area contributed by atoms with Crippen LogP contribution in [0.2, 0.25) is 0 Å². The lowest BCUT2D eigenvalue weighted by Crippen LogP contribution is -2.07. The average Bonchev–Trinajstić information content (AvgIpc) is 2.59. The van der Waals surface area contributed by atoms with Crippen LogP contribution in [0.1, 0.15) is 17.0 Å². The summed E-state index contributed by atoms with van der Waals surface area (Å²) >= 11 is 0. The Morgan fingerprint density at radius 1 is 1.24 bits per heavy atom. The van der Waals surface area contributed by atoms with Crippen LogP contribution in [0.25, 0.3) is 5.69 Å². The van der Waals surface area contributed by atoms with E-state index < -0.39 is 0 Å². The van der Waals surface area contributed by atoms with E-state index in [0.29, 0.717) is 0 Å². The predicted octanol–water partition coefficient (Wildman–Crippen LogP) is 1.91. The molecular weight excluding hydrogens is 214 g/mol. The maximum absolute atomic E-state index is 9.28. The quantitative estimate of drug-likeness (QED) is 0.848. The van der Waals surface area contributed by atoms with Crippen LogP contribution in [0.5, 0.6) is 5.75 Å². The molecule has 0 saturated heterocycles. The van der Waals surface area contributed by atoms with Crippen molar-refractivity contribution in [3.8, 4) is 11.4 Å². The third-order valence-corrected chi connectivity index (χ3v) is 2.89. The molecule has 0 fully saturated rings. The monoisotopic (exact) mass is 231 g/mol. The van der Waals surface area contributed by atoms with Crippen LogP contribution in [-0.4, -0.2) is 21.9 Å². The van der Waals surface area contributed by atoms with E-state index in [9.17, 15) is 5.11 Å². The number of hydrogen-bond acceptors (Lipinski definition) is 3. The molecule has 0 atom stereocenters. The van der Waals surface area contributed by atoms with Gasteiger partial charge in [0.1, 0.15) is 5.75 Å². The molecule has 0 aliphatic carbocycles. The third kappa shape index (κ3) is 2.17. The van der Waals surface area contributed by atoms with E-state index in [0.717, 1.165) is 23.6 Å². The molecule has 0 radical (unpaired) electrons. The van der Waals surface area contributed by atoms with Crippen molar-refractivity contribution >= 4 is 0 Å². The highest BCUT2D eigenvalue weighted by Crippen LogP contribution is 2.19. The maximum Gasteiger partial charge on any atom is 0.115 e. The van der Waals surface area contributed by atoms with Gasteiger partial charge in [-0.25, -0.2) is 4.68 Å². The first-order valence-corrected chi connectivity index (χ1v) is 5.62. The van der Waals surface area contributed by atoms with Crippen LogP contribution in [0.15, 0.2) is 24.3 Å². The molecule has 1 heterocycles. The number of phenolic OH excluding ortho intramolecular Hbond substituents is 1. The molecule has 4 nitrogen and oxygen atoms in total. The van der Waals surface area contributed by atoms with E-state index in [4.69, 9.17) is 0 Å². The van der Waals surface area contributed by atoms with Gasteiger partial charge in [0.05, 0.1) is 11.4 Å². The number of aromatic hydroxyl groups is 1. The van der Waals surface area contributed by atoms with Crippen LogP contribution in [0, 0.1) is 13.8 Å². The molecule has 90 valence electrons. The molecule has 0 saturated carbocycles. The standard InChI is InChI=1S/C13H17N3O/c1-9-13(8-14-3)10(2)16(15-9)11-4-6-12(17)7-5-11/h4-7,14,17H,8H2,1-3H3. The maximum atomic E-state index is 9.28. The highest BCUT2D eigenvalue weighted by atomic mass is 16.3. The van der Waals surface area contributed by atoms with Crippen molar-refractivity contribution in [2.45, 2.75) is 20.4 Å². The Morgan fingerprint density at radius 3 is 2.47 bits per heavy atom. The van der Waals surface area contributed by atoms with Gasteiger partial charge in [-0.15, -0.1) is 0 Å². The zero-order valence-electron chi connectivity index (χ0n) is 10.4. The van der Waals surface area contributed by atoms with Gasteiger partial charge in [0.15, 0.2) is 0 Å². The summed E-state index contributed by atoms with van der Waals surface area (Å²) in [5, 5.41) is 16.9. The van der Waals surface area contributed by atoms with Crippen molar-refractivity contribution in [3.05, 3.63) is 41.2 Å². The van der Waals surface area contributed by atoms with Gasteiger partial charge < -0.3 is 10.4 Å². The molecule has 0 spiro atoms. The molecule has 4 heteroatoms. The summed E-state index contributed by atoms with van der Waals surface area (Å²) in [5.74, 6) is 0.269. The largest absolute Gasteiger partial charge is 0.508 e. The molecule has 0 amide bonds. The first kappa shape index (κ1) is 11.7. The lowest BCUT2D eigenvalue weighted by atomic mass is 10.2. The van der Waals surface area contributed by atoms with Gasteiger partial charge in [0.2, 0.25) is 0 Å². The zero-order valence-corrected chi connectivity index (χ0v) is 10.4. The molecule has 2 N–H and O–H groups in total. The molecule has 1 aromatic carbocycles. The fraction of sp³-hybridized carbons (Fsp3) is 0.308. The van der Waals surface area contributed by atoms with Gasteiger partial charge in [-0.2, -0.15) is 5.10 Å². The number of nitrogens with zero attached hydrogens (tertiary/aromatic N) is 2. The van der Waals surface area contributed by atoms with E-state index in [1.54, 1.807) is 12.1 Å². The topological polar surface area (TPSA) is 50.1 Å². The van der Waals surface area contributed by atoms with Crippen LogP contribution in [-0.2, 0) is 6.54 Å². The minimum Gasteiger partial charge on any atom is -0.508 e. The predicted molar refractivity (Wildman–Crippen MR) is 67.5 cm³/mol. The lowest BCUT2D eigenvalue weighted by molar-refractivity contribution is 0.475. The fourth-order valence-electron chi connectivity index (χ4n) is 1.95. The van der Waals surface area contributed by atoms with E-state index in [1.165, 1.54) is 5.56 Å². The van der Waals surface area contributed by atoms with Gasteiger partial charge in [0, 0.05) is 17.8 Å². The van der Waals surface area contributed by atoms with Gasteiger partial charge in [-0.1, -0.05) is 0 Å². The first-order chi connectivity index (χ1) is 8.13. The molecule has 1 aromatic heterocycles. The van der Waals surface area contributed by atoms with Crippen molar-refractivity contribution in [3.63, 3.8) is 0 Å². The highest BCUT2D eigenvalue weighted by molar-refractivity contribution is 5.40. The second kappa shape index (κ2) is 4.59. The number of phenols is 1. The van der Waals surface area contributed by atoms with Crippen LogP contribution >= 0.6 is 0 Å². The second-order valence-corrected chi connectivity index (χ2v) is 4.11. The fourth-order valence-corrected chi connectivity index (χ4v) is 1.95. The normalized spacial score (nSPS) is 10.8. The molecular formula is C13H17N3O. The van der Waals surface area contributed by atoms with E-state index in [-0.39, 0.29) is 5.75 Å². The van der Waals surface area contributed by atoms with E-state index in [1.807, 2.05) is 30.8 Å². The van der Waals surface area contributed by atoms with Gasteiger partial charge in [-0.05, 0) is 45.2 Å². The molecule has 0 bridgehead atoms. The average molecular weight is 231 g/mol. The van der Waals surface area contributed by atoms with Crippen LogP contribution in [0.3, 0.4) is 0 Å². The Kier molecular flexibility index (Phi) is 3.15. The van der Waals surface area contributed by atoms with Crippen molar-refractivity contribution < 1.29 is 5.11 Å². The summed E-state index contributed by atoms with van der Waals surface area (Å²) in [7, 11) is 1.93. The molecule has 17 heavy (non-hydrogen) atoms. The molecule has 0 unspecified atom stereocenters. The lowest BCUT2D eigenvalue weighted by Gasteiger charge is -2.05. The number of aromatic nitrogens is 2. The van der Waals surface area contributed by atoms with Gasteiger partial charge in [0.25, 0.3) is 0 Å². The van der Waals surface area contributed by atoms with E-state index in [2.05, 4.69) is 17.3 Å². The number of nitrogens with one attached hydrogen (secondary N) is 1. The van der Waals surface area contributed by atoms with Crippen molar-refractivity contribution in [1.82, 2.24) is 15.1 Å². The molecule has 0 aliphatic rings. The van der Waals surface area contributed by atoms with Crippen molar-refractivity contribution in [2.24, 2.45) is 0 Å². The molecule has 2 rings (SSSR count). The Bertz CT molecular complexity index is 514. The highest BCUT2D eigenvalue weighted by Gasteiger charge is 2.11. The zero-order chi connectivity index (χ0) is 12.4. The molecule has 2 aromatic rings. The SMILES string of the molecule is CNCc1c(C)nn(-c2ccc(O)cc2)c1C. The smallest absolute Gasteiger partial charge is 0.115 e. The summed E-state index contributed by atoms with van der Waals surface area (Å²) in [6.45, 7) is 4.88. The Labute approximate surface area is 101 Å². The van der Waals surface area contributed by atoms with Crippen molar-refractivity contribution in [1.29, 1.82) is 0 Å². The van der Waals surface area contributed by atoms with Crippen LogP contribution < -0.4 is 5.32 Å².